The van der Waals surface area contributed by atoms with Crippen LogP contribution in [0.3, 0.4) is 0 Å². The Morgan fingerprint density at radius 3 is 2.32 bits per heavy atom. The molecule has 0 aromatic heterocycles. The average molecular weight is 362 g/mol. The van der Waals surface area contributed by atoms with Gasteiger partial charge in [-0.1, -0.05) is 0 Å². The molecule has 132 valence electrons. The second kappa shape index (κ2) is 7.71. The van der Waals surface area contributed by atoms with Crippen molar-refractivity contribution in [2.24, 2.45) is 0 Å². The van der Waals surface area contributed by atoms with Gasteiger partial charge < -0.3 is 24.8 Å². The second-order valence-electron chi connectivity index (χ2n) is 6.09. The first-order chi connectivity index (χ1) is 10.0. The summed E-state index contributed by atoms with van der Waals surface area (Å²) >= 11 is 5.52. The van der Waals surface area contributed by atoms with Crippen LogP contribution in [0.4, 0.5) is 0 Å². The van der Waals surface area contributed by atoms with Crippen LogP contribution in [-0.4, -0.2) is 78.6 Å². The van der Waals surface area contributed by atoms with E-state index in [0.717, 1.165) is 0 Å². The summed E-state index contributed by atoms with van der Waals surface area (Å²) in [6.45, 7) is 3.51. The monoisotopic (exact) mass is 361 g/mol. The number of methoxy groups -OCH3 is 1. The summed E-state index contributed by atoms with van der Waals surface area (Å²) in [7, 11) is -2.31. The van der Waals surface area contributed by atoms with Gasteiger partial charge in [0.1, 0.15) is 24.4 Å². The molecule has 1 saturated heterocycles. The highest BCUT2D eigenvalue weighted by atomic mass is 35.5. The van der Waals surface area contributed by atoms with Gasteiger partial charge in [0.05, 0.1) is 11.5 Å². The summed E-state index contributed by atoms with van der Waals surface area (Å²) in [5.74, 6) is -0.654. The molecule has 5 atom stereocenters. The van der Waals surface area contributed by atoms with Gasteiger partial charge >= 0.3 is 0 Å². The van der Waals surface area contributed by atoms with E-state index in [-0.39, 0.29) is 12.2 Å². The third-order valence-corrected chi connectivity index (χ3v) is 5.79. The van der Waals surface area contributed by atoms with E-state index < -0.39 is 51.8 Å². The van der Waals surface area contributed by atoms with Gasteiger partial charge in [-0.25, -0.2) is 13.3 Å². The quantitative estimate of drug-likeness (QED) is 0.415. The van der Waals surface area contributed by atoms with Crippen molar-refractivity contribution in [3.63, 3.8) is 0 Å². The van der Waals surface area contributed by atoms with Crippen LogP contribution in [0.2, 0.25) is 0 Å². The van der Waals surface area contributed by atoms with Gasteiger partial charge in [0, 0.05) is 12.6 Å². The Bertz CT molecular complexity index is 456. The lowest BCUT2D eigenvalue weighted by Crippen LogP contribution is -2.59. The Kier molecular flexibility index (Phi) is 7.03. The smallest absolute Gasteiger partial charge is 0.186 e. The van der Waals surface area contributed by atoms with E-state index in [1.54, 1.807) is 13.8 Å². The summed E-state index contributed by atoms with van der Waals surface area (Å²) in [5.41, 5.74) is -0.564. The maximum Gasteiger partial charge on any atom is 0.186 e. The highest BCUT2D eigenvalue weighted by Crippen LogP contribution is 2.23. The summed E-state index contributed by atoms with van der Waals surface area (Å²) < 4.78 is 34.3. The lowest BCUT2D eigenvalue weighted by Gasteiger charge is -2.39. The molecule has 0 saturated carbocycles. The van der Waals surface area contributed by atoms with Crippen LogP contribution >= 0.6 is 11.8 Å². The van der Waals surface area contributed by atoms with Gasteiger partial charge in [0.15, 0.2) is 16.1 Å². The first kappa shape index (κ1) is 20.0. The van der Waals surface area contributed by atoms with Gasteiger partial charge in [-0.05, 0) is 32.0 Å². The lowest BCUT2D eigenvalue weighted by molar-refractivity contribution is -0.285. The van der Waals surface area contributed by atoms with Crippen molar-refractivity contribution in [1.82, 2.24) is 4.84 Å². The summed E-state index contributed by atoms with van der Waals surface area (Å²) in [5, 5.41) is 29.2. The first-order valence-corrected chi connectivity index (χ1v) is 9.03. The van der Waals surface area contributed by atoms with Gasteiger partial charge in [0.25, 0.3) is 0 Å². The van der Waals surface area contributed by atoms with Crippen molar-refractivity contribution in [1.29, 1.82) is 0 Å². The number of aliphatic hydroxyl groups excluding tert-OH is 3. The molecule has 1 aliphatic rings. The number of aliphatic hydroxyl groups is 3. The van der Waals surface area contributed by atoms with Gasteiger partial charge in [-0.3, -0.25) is 0 Å². The number of ether oxygens (including phenoxy) is 2. The molecule has 8 nitrogen and oxygen atoms in total. The molecule has 22 heavy (non-hydrogen) atoms. The van der Waals surface area contributed by atoms with Gasteiger partial charge in [-0.15, -0.1) is 0 Å². The number of hydrogen-bond donors (Lipinski definition) is 4. The topological polar surface area (TPSA) is 125 Å². The highest BCUT2D eigenvalue weighted by molar-refractivity contribution is 7.91. The normalized spacial score (nSPS) is 33.9. The van der Waals surface area contributed by atoms with Crippen molar-refractivity contribution >= 4 is 21.6 Å². The molecule has 0 spiro atoms. The minimum atomic E-state index is -3.56. The molecule has 4 N–H and O–H groups in total. The first-order valence-electron chi connectivity index (χ1n) is 6.83. The van der Waals surface area contributed by atoms with Crippen molar-refractivity contribution in [3.05, 3.63) is 0 Å². The molecule has 0 aliphatic carbocycles. The molecule has 0 amide bonds. The van der Waals surface area contributed by atoms with E-state index >= 15 is 0 Å². The van der Waals surface area contributed by atoms with Crippen molar-refractivity contribution in [2.75, 3.05) is 18.6 Å². The van der Waals surface area contributed by atoms with E-state index in [1.807, 2.05) is 0 Å². The minimum absolute atomic E-state index is 0.164. The fourth-order valence-electron chi connectivity index (χ4n) is 2.04. The minimum Gasteiger partial charge on any atom is -0.388 e. The Morgan fingerprint density at radius 2 is 1.82 bits per heavy atom. The molecule has 0 bridgehead atoms. The lowest BCUT2D eigenvalue weighted by atomic mass is 10.00. The molecule has 1 heterocycles. The van der Waals surface area contributed by atoms with Crippen molar-refractivity contribution in [3.8, 4) is 0 Å². The van der Waals surface area contributed by atoms with Gasteiger partial charge in [0.2, 0.25) is 0 Å². The van der Waals surface area contributed by atoms with Crippen LogP contribution in [0.1, 0.15) is 20.3 Å². The number of rotatable bonds is 7. The molecule has 0 radical (unpaired) electrons. The Hall–Kier alpha value is -0.0000000000000000971. The van der Waals surface area contributed by atoms with E-state index in [2.05, 4.69) is 4.84 Å². The fourth-order valence-corrected chi connectivity index (χ4v) is 3.90. The number of halogens is 1. The van der Waals surface area contributed by atoms with E-state index in [1.165, 1.54) is 7.11 Å². The zero-order valence-electron chi connectivity index (χ0n) is 12.8. The van der Waals surface area contributed by atoms with Crippen LogP contribution in [-0.2, 0) is 19.3 Å². The molecular weight excluding hydrogens is 338 g/mol. The molecule has 1 fully saturated rings. The molecule has 1 aliphatic heterocycles. The maximum atomic E-state index is 12.1. The molecular formula is C12H24ClNO7S. The van der Waals surface area contributed by atoms with Crippen molar-refractivity contribution in [2.45, 2.75) is 56.5 Å². The summed E-state index contributed by atoms with van der Waals surface area (Å²) in [6, 6.07) is 0. The summed E-state index contributed by atoms with van der Waals surface area (Å²) in [6.07, 6.45) is -6.62. The van der Waals surface area contributed by atoms with E-state index in [0.29, 0.717) is 0 Å². The maximum absolute atomic E-state index is 12.1. The van der Waals surface area contributed by atoms with E-state index in [9.17, 15) is 23.7 Å². The fraction of sp³-hybridized carbons (Fsp3) is 1.00. The summed E-state index contributed by atoms with van der Waals surface area (Å²) in [4.78, 5) is 2.49. The van der Waals surface area contributed by atoms with Crippen LogP contribution < -0.4 is 4.84 Å². The predicted molar refractivity (Wildman–Crippen MR) is 80.0 cm³/mol. The van der Waals surface area contributed by atoms with E-state index in [4.69, 9.17) is 21.3 Å². The van der Waals surface area contributed by atoms with Crippen LogP contribution in [0.15, 0.2) is 0 Å². The highest BCUT2D eigenvalue weighted by Gasteiger charge is 2.45. The van der Waals surface area contributed by atoms with Gasteiger partial charge in [-0.2, -0.15) is 0 Å². The second-order valence-corrected chi connectivity index (χ2v) is 8.51. The number of sulfone groups is 1. The Labute approximate surface area is 135 Å². The van der Waals surface area contributed by atoms with Crippen LogP contribution in [0.25, 0.3) is 0 Å². The largest absolute Gasteiger partial charge is 0.388 e. The molecule has 0 aromatic rings. The molecule has 10 heteroatoms. The predicted octanol–water partition coefficient (Wildman–Crippen LogP) is -1.23. The third-order valence-electron chi connectivity index (χ3n) is 3.61. The van der Waals surface area contributed by atoms with Crippen molar-refractivity contribution < 1.29 is 33.2 Å². The molecule has 0 aromatic carbocycles. The number of hydrogen-bond acceptors (Lipinski definition) is 8. The number of nitrogens with one attached hydrogen (secondary N) is 1. The average Bonchev–Trinajstić information content (AvgIpc) is 2.46. The van der Waals surface area contributed by atoms with Crippen LogP contribution in [0.5, 0.6) is 0 Å². The zero-order valence-corrected chi connectivity index (χ0v) is 14.3. The standard InChI is InChI=1S/C12H24ClNO7S/c1-12(2,14-13)4-5-22(18,19)6-7-8(15)9(16)10(17)11(20-3)21-7/h7-11,14-17H,4-6H2,1-3H3. The third kappa shape index (κ3) is 5.27. The zero-order chi connectivity index (χ0) is 17.1. The SMILES string of the molecule is COC1OC(CS(=O)(=O)CCC(C)(C)NCl)C(O)C(O)C1O. The Balaban J connectivity index is 2.71. The van der Waals surface area contributed by atoms with Crippen LogP contribution in [0, 0.1) is 0 Å². The molecule has 1 rings (SSSR count). The Morgan fingerprint density at radius 1 is 1.23 bits per heavy atom. The molecule has 5 unspecified atom stereocenters.